The zero-order chi connectivity index (χ0) is 14.8. The molecule has 2 unspecified atom stereocenters. The van der Waals surface area contributed by atoms with E-state index in [2.05, 4.69) is 36.5 Å². The van der Waals surface area contributed by atoms with E-state index in [-0.39, 0.29) is 6.04 Å². The molecule has 0 amide bonds. The van der Waals surface area contributed by atoms with Crippen molar-refractivity contribution in [1.29, 1.82) is 0 Å². The molecule has 0 saturated heterocycles. The van der Waals surface area contributed by atoms with Crippen molar-refractivity contribution in [3.8, 4) is 5.75 Å². The predicted octanol–water partition coefficient (Wildman–Crippen LogP) is 4.69. The molecule has 0 bridgehead atoms. The maximum atomic E-state index is 6.08. The minimum Gasteiger partial charge on any atom is -0.496 e. The molecule has 21 heavy (non-hydrogen) atoms. The molecule has 0 aliphatic heterocycles. The van der Waals surface area contributed by atoms with Gasteiger partial charge in [-0.05, 0) is 49.1 Å². The zero-order valence-electron chi connectivity index (χ0n) is 12.4. The number of hydrogen-bond acceptors (Lipinski definition) is 2. The average Bonchev–Trinajstić information content (AvgIpc) is 2.89. The maximum Gasteiger partial charge on any atom is 0.123 e. The molecule has 2 nitrogen and oxygen atoms in total. The van der Waals surface area contributed by atoms with Crippen molar-refractivity contribution in [3.63, 3.8) is 0 Å². The lowest BCUT2D eigenvalue weighted by Crippen LogP contribution is -2.23. The number of fused-ring (bicyclic) bond motifs is 1. The Kier molecular flexibility index (Phi) is 4.18. The summed E-state index contributed by atoms with van der Waals surface area (Å²) in [5.41, 5.74) is 3.94. The van der Waals surface area contributed by atoms with Gasteiger partial charge in [-0.2, -0.15) is 0 Å². The van der Waals surface area contributed by atoms with Gasteiger partial charge in [0.15, 0.2) is 0 Å². The second kappa shape index (κ2) is 6.08. The third-order valence-corrected chi connectivity index (χ3v) is 4.47. The van der Waals surface area contributed by atoms with Crippen LogP contribution in [0.15, 0.2) is 42.5 Å². The van der Waals surface area contributed by atoms with Gasteiger partial charge in [-0.15, -0.1) is 0 Å². The van der Waals surface area contributed by atoms with Crippen LogP contribution < -0.4 is 10.1 Å². The van der Waals surface area contributed by atoms with Crippen molar-refractivity contribution < 1.29 is 4.74 Å². The zero-order valence-corrected chi connectivity index (χ0v) is 13.2. The molecule has 0 heterocycles. The van der Waals surface area contributed by atoms with Crippen LogP contribution in [0.3, 0.4) is 0 Å². The first-order valence-electron chi connectivity index (χ1n) is 7.36. The van der Waals surface area contributed by atoms with Crippen LogP contribution >= 0.6 is 11.6 Å². The number of hydrogen-bond donors (Lipinski definition) is 1. The van der Waals surface area contributed by atoms with E-state index in [0.29, 0.717) is 6.04 Å². The summed E-state index contributed by atoms with van der Waals surface area (Å²) in [6, 6.07) is 15.0. The minimum atomic E-state index is 0.243. The fourth-order valence-corrected chi connectivity index (χ4v) is 3.37. The summed E-state index contributed by atoms with van der Waals surface area (Å²) in [6.45, 7) is 2.19. The Morgan fingerprint density at radius 3 is 2.86 bits per heavy atom. The maximum absolute atomic E-state index is 6.08. The van der Waals surface area contributed by atoms with Crippen LogP contribution in [0.5, 0.6) is 5.75 Å². The summed E-state index contributed by atoms with van der Waals surface area (Å²) in [7, 11) is 1.72. The second-order valence-electron chi connectivity index (χ2n) is 5.56. The van der Waals surface area contributed by atoms with Gasteiger partial charge in [0.2, 0.25) is 0 Å². The summed E-state index contributed by atoms with van der Waals surface area (Å²) in [5.74, 6) is 0.937. The predicted molar refractivity (Wildman–Crippen MR) is 87.1 cm³/mol. The molecular formula is C18H20ClNO. The Morgan fingerprint density at radius 2 is 2.05 bits per heavy atom. The van der Waals surface area contributed by atoms with Gasteiger partial charge < -0.3 is 10.1 Å². The van der Waals surface area contributed by atoms with Crippen LogP contribution in [0.4, 0.5) is 0 Å². The summed E-state index contributed by atoms with van der Waals surface area (Å²) >= 11 is 6.08. The standard InChI is InChI=1S/C18H20ClNO/c1-12(15-5-3-4-6-18(15)21-2)20-17-10-7-13-11-14(19)8-9-16(13)17/h3-6,8-9,11-12,17,20H,7,10H2,1-2H3. The lowest BCUT2D eigenvalue weighted by molar-refractivity contribution is 0.393. The molecule has 0 fully saturated rings. The molecule has 0 aromatic heterocycles. The van der Waals surface area contributed by atoms with Gasteiger partial charge in [0.05, 0.1) is 7.11 Å². The minimum absolute atomic E-state index is 0.243. The molecule has 0 saturated carbocycles. The van der Waals surface area contributed by atoms with E-state index >= 15 is 0 Å². The van der Waals surface area contributed by atoms with Gasteiger partial charge in [0, 0.05) is 22.7 Å². The van der Waals surface area contributed by atoms with Crippen LogP contribution in [0, 0.1) is 0 Å². The van der Waals surface area contributed by atoms with E-state index in [1.807, 2.05) is 18.2 Å². The molecule has 2 atom stereocenters. The fraction of sp³-hybridized carbons (Fsp3) is 0.333. The molecule has 2 aromatic rings. The Hall–Kier alpha value is -1.51. The number of halogens is 1. The highest BCUT2D eigenvalue weighted by Crippen LogP contribution is 2.35. The van der Waals surface area contributed by atoms with Crippen molar-refractivity contribution in [3.05, 3.63) is 64.2 Å². The quantitative estimate of drug-likeness (QED) is 0.885. The normalized spacial score (nSPS) is 18.3. The van der Waals surface area contributed by atoms with Crippen molar-refractivity contribution in [2.45, 2.75) is 31.8 Å². The molecule has 3 rings (SSSR count). The number of aryl methyl sites for hydroxylation is 1. The van der Waals surface area contributed by atoms with Gasteiger partial charge in [-0.25, -0.2) is 0 Å². The number of para-hydroxylation sites is 1. The van der Waals surface area contributed by atoms with Crippen LogP contribution in [-0.2, 0) is 6.42 Å². The highest BCUT2D eigenvalue weighted by Gasteiger charge is 2.24. The van der Waals surface area contributed by atoms with E-state index in [1.54, 1.807) is 7.11 Å². The van der Waals surface area contributed by atoms with Gasteiger partial charge in [0.1, 0.15) is 5.75 Å². The number of methoxy groups -OCH3 is 1. The van der Waals surface area contributed by atoms with Gasteiger partial charge in [0.25, 0.3) is 0 Å². The average molecular weight is 302 g/mol. The molecule has 0 radical (unpaired) electrons. The lowest BCUT2D eigenvalue weighted by Gasteiger charge is -2.22. The Labute approximate surface area is 131 Å². The number of rotatable bonds is 4. The number of nitrogens with one attached hydrogen (secondary N) is 1. The highest BCUT2D eigenvalue weighted by molar-refractivity contribution is 6.30. The first-order valence-corrected chi connectivity index (χ1v) is 7.74. The Bertz CT molecular complexity index is 641. The van der Waals surface area contributed by atoms with Crippen molar-refractivity contribution in [2.75, 3.05) is 7.11 Å². The summed E-state index contributed by atoms with van der Waals surface area (Å²) in [5, 5.41) is 4.55. The first kappa shape index (κ1) is 14.4. The van der Waals surface area contributed by atoms with Crippen LogP contribution in [-0.4, -0.2) is 7.11 Å². The molecule has 110 valence electrons. The topological polar surface area (TPSA) is 21.3 Å². The number of ether oxygens (including phenoxy) is 1. The molecule has 1 aliphatic carbocycles. The van der Waals surface area contributed by atoms with Crippen molar-refractivity contribution in [1.82, 2.24) is 5.32 Å². The third kappa shape index (κ3) is 2.92. The van der Waals surface area contributed by atoms with E-state index in [0.717, 1.165) is 23.6 Å². The summed E-state index contributed by atoms with van der Waals surface area (Å²) < 4.78 is 5.46. The molecule has 3 heteroatoms. The van der Waals surface area contributed by atoms with Crippen LogP contribution in [0.2, 0.25) is 5.02 Å². The first-order chi connectivity index (χ1) is 10.2. The van der Waals surface area contributed by atoms with E-state index in [9.17, 15) is 0 Å². The summed E-state index contributed by atoms with van der Waals surface area (Å²) in [6.07, 6.45) is 2.21. The molecular weight excluding hydrogens is 282 g/mol. The summed E-state index contributed by atoms with van der Waals surface area (Å²) in [4.78, 5) is 0. The van der Waals surface area contributed by atoms with Gasteiger partial charge in [-0.3, -0.25) is 0 Å². The van der Waals surface area contributed by atoms with Crippen molar-refractivity contribution >= 4 is 11.6 Å². The van der Waals surface area contributed by atoms with Gasteiger partial charge >= 0.3 is 0 Å². The van der Waals surface area contributed by atoms with E-state index < -0.39 is 0 Å². The van der Waals surface area contributed by atoms with E-state index in [4.69, 9.17) is 16.3 Å². The highest BCUT2D eigenvalue weighted by atomic mass is 35.5. The molecule has 0 spiro atoms. The van der Waals surface area contributed by atoms with Crippen LogP contribution in [0.1, 0.15) is 42.1 Å². The van der Waals surface area contributed by atoms with Crippen LogP contribution in [0.25, 0.3) is 0 Å². The molecule has 1 N–H and O–H groups in total. The van der Waals surface area contributed by atoms with Crippen molar-refractivity contribution in [2.24, 2.45) is 0 Å². The Morgan fingerprint density at radius 1 is 1.24 bits per heavy atom. The van der Waals surface area contributed by atoms with E-state index in [1.165, 1.54) is 16.7 Å². The third-order valence-electron chi connectivity index (χ3n) is 4.24. The lowest BCUT2D eigenvalue weighted by atomic mass is 10.0. The Balaban J connectivity index is 1.79. The fourth-order valence-electron chi connectivity index (χ4n) is 3.17. The molecule has 2 aromatic carbocycles. The van der Waals surface area contributed by atoms with Gasteiger partial charge in [-0.1, -0.05) is 35.9 Å². The smallest absolute Gasteiger partial charge is 0.123 e. The molecule has 1 aliphatic rings. The SMILES string of the molecule is COc1ccccc1C(C)NC1CCc2cc(Cl)ccc21. The largest absolute Gasteiger partial charge is 0.496 e. The number of benzene rings is 2. The monoisotopic (exact) mass is 301 g/mol. The second-order valence-corrected chi connectivity index (χ2v) is 6.00.